The van der Waals surface area contributed by atoms with Gasteiger partial charge in [0.2, 0.25) is 0 Å². The Morgan fingerprint density at radius 3 is 2.83 bits per heavy atom. The zero-order chi connectivity index (χ0) is 16.8. The molecule has 0 aromatic carbocycles. The summed E-state index contributed by atoms with van der Waals surface area (Å²) in [5.41, 5.74) is 3.47. The predicted molar refractivity (Wildman–Crippen MR) is 92.8 cm³/mol. The minimum Gasteiger partial charge on any atom is -0.356 e. The van der Waals surface area contributed by atoms with Crippen LogP contribution in [0.25, 0.3) is 0 Å². The van der Waals surface area contributed by atoms with Crippen LogP contribution in [-0.4, -0.2) is 27.7 Å². The van der Waals surface area contributed by atoms with Crippen LogP contribution in [0.1, 0.15) is 32.0 Å². The van der Waals surface area contributed by atoms with Crippen LogP contribution in [0.4, 0.5) is 0 Å². The molecule has 0 saturated heterocycles. The summed E-state index contributed by atoms with van der Waals surface area (Å²) in [4.78, 5) is 21.9. The lowest BCUT2D eigenvalue weighted by Gasteiger charge is -2.28. The number of rotatable bonds is 6. The van der Waals surface area contributed by atoms with Gasteiger partial charge in [-0.1, -0.05) is 42.0 Å². The molecule has 120 valence electrons. The van der Waals surface area contributed by atoms with Crippen molar-refractivity contribution < 1.29 is 4.79 Å². The van der Waals surface area contributed by atoms with Crippen LogP contribution in [0.5, 0.6) is 0 Å². The molecule has 1 aromatic rings. The van der Waals surface area contributed by atoms with E-state index < -0.39 is 0 Å². The average molecular weight is 330 g/mol. The number of carbonyl (C=O) groups excluding carboxylic acids is 1. The maximum atomic E-state index is 11.4. The highest BCUT2D eigenvalue weighted by Gasteiger charge is 2.28. The number of hydrogen-bond acceptors (Lipinski definition) is 4. The lowest BCUT2D eigenvalue weighted by atomic mass is 10.1. The minimum atomic E-state index is -0.00708. The van der Waals surface area contributed by atoms with Crippen molar-refractivity contribution in [3.63, 3.8) is 0 Å². The molecule has 2 heterocycles. The molecule has 0 fully saturated rings. The van der Waals surface area contributed by atoms with Gasteiger partial charge in [-0.25, -0.2) is 0 Å². The zero-order valence-electron chi connectivity index (χ0n) is 13.4. The van der Waals surface area contributed by atoms with Gasteiger partial charge >= 0.3 is 0 Å². The number of aldehydes is 1. The number of carbonyl (C=O) groups is 1. The molecule has 5 heteroatoms. The fourth-order valence-corrected chi connectivity index (χ4v) is 2.62. The summed E-state index contributed by atoms with van der Waals surface area (Å²) in [5.74, 6) is 0. The smallest absolute Gasteiger partial charge is 0.165 e. The van der Waals surface area contributed by atoms with E-state index in [4.69, 9.17) is 11.6 Å². The summed E-state index contributed by atoms with van der Waals surface area (Å²) in [6, 6.07) is -0.00708. The van der Waals surface area contributed by atoms with Crippen LogP contribution in [0.15, 0.2) is 65.3 Å². The minimum absolute atomic E-state index is 0.00708. The Bertz CT molecular complexity index is 673. The molecule has 0 saturated carbocycles. The van der Waals surface area contributed by atoms with Crippen LogP contribution in [-0.2, 0) is 4.79 Å². The third-order valence-corrected chi connectivity index (χ3v) is 4.05. The third kappa shape index (κ3) is 4.17. The Balaban J connectivity index is 2.32. The van der Waals surface area contributed by atoms with E-state index in [1.54, 1.807) is 24.7 Å². The molecule has 0 N–H and O–H groups in total. The van der Waals surface area contributed by atoms with Gasteiger partial charge in [-0.15, -0.1) is 0 Å². The Hall–Kier alpha value is -2.20. The second-order valence-electron chi connectivity index (χ2n) is 5.41. The number of hydrogen-bond donors (Lipinski definition) is 0. The molecule has 23 heavy (non-hydrogen) atoms. The van der Waals surface area contributed by atoms with E-state index in [9.17, 15) is 4.79 Å². The van der Waals surface area contributed by atoms with Crippen molar-refractivity contribution >= 4 is 17.9 Å². The van der Waals surface area contributed by atoms with E-state index in [2.05, 4.69) is 16.5 Å². The van der Waals surface area contributed by atoms with Gasteiger partial charge in [0.1, 0.15) is 0 Å². The van der Waals surface area contributed by atoms with Crippen molar-refractivity contribution in [3.05, 3.63) is 71.0 Å². The maximum absolute atomic E-state index is 11.4. The van der Waals surface area contributed by atoms with Gasteiger partial charge in [0.15, 0.2) is 6.29 Å². The molecule has 0 aliphatic carbocycles. The van der Waals surface area contributed by atoms with Gasteiger partial charge in [0, 0.05) is 24.0 Å². The van der Waals surface area contributed by atoms with Gasteiger partial charge in [-0.2, -0.15) is 0 Å². The number of halogens is 1. The fraction of sp³-hybridized carbons (Fsp3) is 0.278. The first kappa shape index (κ1) is 17.2. The highest BCUT2D eigenvalue weighted by atomic mass is 35.5. The highest BCUT2D eigenvalue weighted by Crippen LogP contribution is 2.34. The second kappa shape index (κ2) is 7.88. The molecule has 1 aliphatic rings. The summed E-state index contributed by atoms with van der Waals surface area (Å²) in [7, 11) is 0. The van der Waals surface area contributed by atoms with E-state index >= 15 is 0 Å². The number of allylic oxidation sites excluding steroid dienone is 4. The Morgan fingerprint density at radius 1 is 1.48 bits per heavy atom. The van der Waals surface area contributed by atoms with Crippen molar-refractivity contribution in [1.82, 2.24) is 14.9 Å². The van der Waals surface area contributed by atoms with Crippen LogP contribution in [0.3, 0.4) is 0 Å². The highest BCUT2D eigenvalue weighted by molar-refractivity contribution is 6.29. The summed E-state index contributed by atoms with van der Waals surface area (Å²) < 4.78 is 0. The van der Waals surface area contributed by atoms with E-state index in [1.807, 2.05) is 30.9 Å². The van der Waals surface area contributed by atoms with Crippen molar-refractivity contribution in [1.29, 1.82) is 0 Å². The van der Waals surface area contributed by atoms with Gasteiger partial charge in [-0.3, -0.25) is 14.8 Å². The monoisotopic (exact) mass is 329 g/mol. The summed E-state index contributed by atoms with van der Waals surface area (Å²) >= 11 is 6.25. The first-order valence-corrected chi connectivity index (χ1v) is 7.78. The molecular weight excluding hydrogens is 310 g/mol. The first-order chi connectivity index (χ1) is 11.1. The van der Waals surface area contributed by atoms with E-state index in [-0.39, 0.29) is 6.04 Å². The van der Waals surface area contributed by atoms with Gasteiger partial charge in [0.25, 0.3) is 0 Å². The van der Waals surface area contributed by atoms with Crippen LogP contribution in [0.2, 0.25) is 0 Å². The standard InChI is InChI=1S/C18H20ClN3O/c1-4-13(2)9-15(14(3)19)11-22-16(12-23)5-6-18(22)17-10-20-7-8-21-17/h4-5,7-10,12,18H,1,6,11H2,2-3H3/b13-9-,15-14-. The Morgan fingerprint density at radius 2 is 2.26 bits per heavy atom. The van der Waals surface area contributed by atoms with Crippen LogP contribution < -0.4 is 0 Å². The largest absolute Gasteiger partial charge is 0.356 e. The molecule has 1 unspecified atom stereocenters. The number of nitrogens with zero attached hydrogens (tertiary/aromatic N) is 3. The van der Waals surface area contributed by atoms with E-state index in [0.717, 1.165) is 29.5 Å². The maximum Gasteiger partial charge on any atom is 0.165 e. The summed E-state index contributed by atoms with van der Waals surface area (Å²) in [6.07, 6.45) is 12.3. The summed E-state index contributed by atoms with van der Waals surface area (Å²) in [5, 5.41) is 0.696. The van der Waals surface area contributed by atoms with Crippen LogP contribution in [0, 0.1) is 0 Å². The van der Waals surface area contributed by atoms with E-state index in [0.29, 0.717) is 17.3 Å². The Kier molecular flexibility index (Phi) is 5.88. The van der Waals surface area contributed by atoms with Gasteiger partial charge in [-0.05, 0) is 25.8 Å². The Labute approximate surface area is 141 Å². The topological polar surface area (TPSA) is 46.1 Å². The van der Waals surface area contributed by atoms with Crippen molar-refractivity contribution in [2.45, 2.75) is 26.3 Å². The quantitative estimate of drug-likeness (QED) is 0.585. The lowest BCUT2D eigenvalue weighted by Crippen LogP contribution is -2.27. The molecule has 0 amide bonds. The summed E-state index contributed by atoms with van der Waals surface area (Å²) in [6.45, 7) is 8.11. The fourth-order valence-electron chi connectivity index (χ4n) is 2.51. The normalized spacial score (nSPS) is 19.3. The van der Waals surface area contributed by atoms with Crippen molar-refractivity contribution in [2.24, 2.45) is 0 Å². The number of aromatic nitrogens is 2. The average Bonchev–Trinajstić information content (AvgIpc) is 2.97. The SMILES string of the molecule is C=C/C(C)=C\C(CN1C(C=O)=CCC1c1cnccn1)=C(/C)Cl. The molecule has 4 nitrogen and oxygen atoms in total. The van der Waals surface area contributed by atoms with Crippen LogP contribution >= 0.6 is 11.6 Å². The molecular formula is C18H20ClN3O. The molecule has 0 spiro atoms. The zero-order valence-corrected chi connectivity index (χ0v) is 14.1. The molecule has 1 atom stereocenters. The van der Waals surface area contributed by atoms with Crippen molar-refractivity contribution in [3.8, 4) is 0 Å². The predicted octanol–water partition coefficient (Wildman–Crippen LogP) is 3.95. The molecule has 1 aliphatic heterocycles. The van der Waals surface area contributed by atoms with Gasteiger partial charge < -0.3 is 4.90 Å². The first-order valence-electron chi connectivity index (χ1n) is 7.40. The van der Waals surface area contributed by atoms with Crippen molar-refractivity contribution in [2.75, 3.05) is 6.54 Å². The third-order valence-electron chi connectivity index (χ3n) is 3.81. The molecule has 0 radical (unpaired) electrons. The van der Waals surface area contributed by atoms with Gasteiger partial charge in [0.05, 0.1) is 23.6 Å². The van der Waals surface area contributed by atoms with E-state index in [1.165, 1.54) is 0 Å². The second-order valence-corrected chi connectivity index (χ2v) is 5.97. The lowest BCUT2D eigenvalue weighted by molar-refractivity contribution is -0.106. The molecule has 2 rings (SSSR count). The molecule has 0 bridgehead atoms. The molecule has 1 aromatic heterocycles.